The van der Waals surface area contributed by atoms with Crippen molar-refractivity contribution >= 4 is 11.5 Å². The van der Waals surface area contributed by atoms with E-state index in [0.29, 0.717) is 11.7 Å². The smallest absolute Gasteiger partial charge is 0.175 e. The zero-order valence-electron chi connectivity index (χ0n) is 15.1. The van der Waals surface area contributed by atoms with Crippen LogP contribution < -0.4 is 0 Å². The molecule has 4 nitrogen and oxygen atoms in total. The molecule has 26 heavy (non-hydrogen) atoms. The zero-order chi connectivity index (χ0) is 17.9. The lowest BCUT2D eigenvalue weighted by Crippen LogP contribution is -2.42. The Hall–Kier alpha value is -2.85. The van der Waals surface area contributed by atoms with Crippen molar-refractivity contribution in [1.29, 1.82) is 0 Å². The number of hydrogen-bond donors (Lipinski definition) is 0. The molecule has 1 aliphatic heterocycles. The molecule has 0 bridgehead atoms. The molecule has 130 valence electrons. The molecule has 4 heteroatoms. The molecular weight excluding hydrogens is 320 g/mol. The van der Waals surface area contributed by atoms with Crippen LogP contribution in [-0.4, -0.2) is 40.9 Å². The molecule has 0 spiro atoms. The van der Waals surface area contributed by atoms with Crippen LogP contribution in [-0.2, 0) is 0 Å². The third-order valence-electron chi connectivity index (χ3n) is 4.83. The van der Waals surface area contributed by atoms with Crippen LogP contribution >= 0.6 is 0 Å². The van der Waals surface area contributed by atoms with Crippen molar-refractivity contribution in [3.05, 3.63) is 89.1 Å². The van der Waals surface area contributed by atoms with Gasteiger partial charge in [-0.2, -0.15) is 5.10 Å². The molecule has 1 fully saturated rings. The molecule has 1 saturated heterocycles. The summed E-state index contributed by atoms with van der Waals surface area (Å²) in [6.45, 7) is 4.17. The second-order valence-electron chi connectivity index (χ2n) is 6.85. The number of benzene rings is 2. The fourth-order valence-corrected chi connectivity index (χ4v) is 3.42. The van der Waals surface area contributed by atoms with Crippen LogP contribution in [0, 0.1) is 6.92 Å². The maximum Gasteiger partial charge on any atom is 0.175 e. The monoisotopic (exact) mass is 342 g/mol. The van der Waals surface area contributed by atoms with E-state index in [4.69, 9.17) is 4.99 Å². The molecule has 2 heterocycles. The second-order valence-corrected chi connectivity index (χ2v) is 6.85. The predicted octanol–water partition coefficient (Wildman–Crippen LogP) is 3.98. The first-order valence-corrected chi connectivity index (χ1v) is 8.93. The number of aryl methyl sites for hydroxylation is 1. The first-order chi connectivity index (χ1) is 12.7. The lowest BCUT2D eigenvalue weighted by molar-refractivity contribution is 0.189. The molecule has 0 radical (unpaired) electrons. The van der Waals surface area contributed by atoms with Gasteiger partial charge < -0.3 is 4.90 Å². The van der Waals surface area contributed by atoms with E-state index in [0.717, 1.165) is 35.6 Å². The minimum Gasteiger partial charge on any atom is -0.305 e. The Labute approximate surface area is 154 Å². The molecular formula is C22H22N4. The Morgan fingerprint density at radius 3 is 2.04 bits per heavy atom. The van der Waals surface area contributed by atoms with E-state index in [9.17, 15) is 0 Å². The van der Waals surface area contributed by atoms with Gasteiger partial charge in [0.05, 0.1) is 11.4 Å². The number of likely N-dealkylation sites (N-methyl/N-ethyl adjacent to an activating group) is 1. The largest absolute Gasteiger partial charge is 0.305 e. The summed E-state index contributed by atoms with van der Waals surface area (Å²) < 4.78 is 0. The number of nitrogens with zero attached hydrogens (tertiary/aromatic N) is 4. The highest BCUT2D eigenvalue weighted by atomic mass is 15.2. The third kappa shape index (κ3) is 3.41. The minimum absolute atomic E-state index is 0.529. The van der Waals surface area contributed by atoms with Crippen molar-refractivity contribution < 1.29 is 0 Å². The molecule has 0 amide bonds. The van der Waals surface area contributed by atoms with Crippen LogP contribution in [0.25, 0.3) is 0 Å². The molecule has 3 aromatic rings. The quantitative estimate of drug-likeness (QED) is 0.673. The lowest BCUT2D eigenvalue weighted by Gasteiger charge is -2.36. The number of rotatable bonds is 4. The summed E-state index contributed by atoms with van der Waals surface area (Å²) in [6, 6.07) is 22.6. The highest BCUT2D eigenvalue weighted by Crippen LogP contribution is 2.29. The average molecular weight is 342 g/mol. The molecule has 1 aromatic heterocycles. The summed E-state index contributed by atoms with van der Waals surface area (Å²) in [6.07, 6.45) is 0. The van der Waals surface area contributed by atoms with Gasteiger partial charge in [0.1, 0.15) is 0 Å². The van der Waals surface area contributed by atoms with E-state index >= 15 is 0 Å². The topological polar surface area (TPSA) is 41.4 Å². The van der Waals surface area contributed by atoms with Crippen molar-refractivity contribution in [3.63, 3.8) is 0 Å². The summed E-state index contributed by atoms with van der Waals surface area (Å²) >= 11 is 0. The number of aromatic nitrogens is 2. The summed E-state index contributed by atoms with van der Waals surface area (Å²) in [4.78, 5) is 7.20. The lowest BCUT2D eigenvalue weighted by atomic mass is 9.91. The minimum atomic E-state index is 0.529. The van der Waals surface area contributed by atoms with Crippen molar-refractivity contribution in [3.8, 4) is 0 Å². The van der Waals surface area contributed by atoms with Crippen LogP contribution in [0.4, 0.5) is 5.82 Å². The van der Waals surface area contributed by atoms with Crippen molar-refractivity contribution in [2.75, 3.05) is 20.1 Å². The normalized spacial score (nSPS) is 14.7. The van der Waals surface area contributed by atoms with Gasteiger partial charge in [0.15, 0.2) is 5.82 Å². The average Bonchev–Trinajstić information content (AvgIpc) is 2.66. The van der Waals surface area contributed by atoms with Crippen molar-refractivity contribution in [2.24, 2.45) is 4.99 Å². The van der Waals surface area contributed by atoms with Crippen LogP contribution in [0.15, 0.2) is 71.7 Å². The second kappa shape index (κ2) is 7.18. The van der Waals surface area contributed by atoms with Gasteiger partial charge in [-0.25, -0.2) is 4.99 Å². The van der Waals surface area contributed by atoms with Gasteiger partial charge >= 0.3 is 0 Å². The maximum atomic E-state index is 4.89. The Kier molecular flexibility index (Phi) is 4.59. The van der Waals surface area contributed by atoms with E-state index < -0.39 is 0 Å². The van der Waals surface area contributed by atoms with Gasteiger partial charge in [0.2, 0.25) is 0 Å². The molecule has 0 aliphatic carbocycles. The van der Waals surface area contributed by atoms with Gasteiger partial charge in [-0.05, 0) is 25.6 Å². The van der Waals surface area contributed by atoms with Gasteiger partial charge in [-0.3, -0.25) is 0 Å². The highest BCUT2D eigenvalue weighted by molar-refractivity contribution is 6.13. The number of aliphatic imine (C=N–C) groups is 1. The van der Waals surface area contributed by atoms with Gasteiger partial charge in [-0.1, -0.05) is 60.7 Å². The van der Waals surface area contributed by atoms with Crippen LogP contribution in [0.5, 0.6) is 0 Å². The maximum absolute atomic E-state index is 4.89. The first-order valence-electron chi connectivity index (χ1n) is 8.93. The molecule has 0 N–H and O–H groups in total. The molecule has 2 aromatic carbocycles. The van der Waals surface area contributed by atoms with Gasteiger partial charge in [-0.15, -0.1) is 5.10 Å². The zero-order valence-corrected chi connectivity index (χ0v) is 15.1. The number of likely N-dealkylation sites (tertiary alicyclic amines) is 1. The third-order valence-corrected chi connectivity index (χ3v) is 4.83. The van der Waals surface area contributed by atoms with Gasteiger partial charge in [0, 0.05) is 30.1 Å². The van der Waals surface area contributed by atoms with Gasteiger partial charge in [0.25, 0.3) is 0 Å². The molecule has 0 unspecified atom stereocenters. The van der Waals surface area contributed by atoms with Crippen molar-refractivity contribution in [1.82, 2.24) is 15.1 Å². The van der Waals surface area contributed by atoms with Crippen LogP contribution in [0.1, 0.15) is 28.3 Å². The van der Waals surface area contributed by atoms with E-state index in [1.165, 1.54) is 5.56 Å². The molecule has 4 rings (SSSR count). The Balaban J connectivity index is 1.77. The van der Waals surface area contributed by atoms with E-state index in [1.54, 1.807) is 0 Å². The molecule has 0 saturated carbocycles. The van der Waals surface area contributed by atoms with E-state index in [1.807, 2.05) is 43.3 Å². The predicted molar refractivity (Wildman–Crippen MR) is 105 cm³/mol. The summed E-state index contributed by atoms with van der Waals surface area (Å²) in [5, 5.41) is 8.71. The Bertz CT molecular complexity index is 872. The summed E-state index contributed by atoms with van der Waals surface area (Å²) in [5.74, 6) is 1.20. The first kappa shape index (κ1) is 16.6. The van der Waals surface area contributed by atoms with Crippen LogP contribution in [0.3, 0.4) is 0 Å². The fourth-order valence-electron chi connectivity index (χ4n) is 3.42. The van der Waals surface area contributed by atoms with Crippen LogP contribution in [0.2, 0.25) is 0 Å². The number of hydrogen-bond acceptors (Lipinski definition) is 4. The fraction of sp³-hybridized carbons (Fsp3) is 0.227. The molecule has 0 atom stereocenters. The standard InChI is InChI=1S/C22H22N4/c1-16-20(19-14-26(2)15-19)13-21(25-24-16)23-22(17-9-5-3-6-10-17)18-11-7-4-8-12-18/h3-13,19H,14-15H2,1-2H3. The molecule has 1 aliphatic rings. The highest BCUT2D eigenvalue weighted by Gasteiger charge is 2.27. The van der Waals surface area contributed by atoms with E-state index in [2.05, 4.69) is 52.5 Å². The Morgan fingerprint density at radius 2 is 1.50 bits per heavy atom. The van der Waals surface area contributed by atoms with Crippen molar-refractivity contribution in [2.45, 2.75) is 12.8 Å². The summed E-state index contributed by atoms with van der Waals surface area (Å²) in [5.41, 5.74) is 5.33. The SMILES string of the molecule is Cc1nnc(N=C(c2ccccc2)c2ccccc2)cc1C1CN(C)C1. The summed E-state index contributed by atoms with van der Waals surface area (Å²) in [7, 11) is 2.14. The van der Waals surface area contributed by atoms with E-state index in [-0.39, 0.29) is 0 Å². The Morgan fingerprint density at radius 1 is 0.923 bits per heavy atom.